The lowest BCUT2D eigenvalue weighted by Gasteiger charge is -2.10. The van der Waals surface area contributed by atoms with Gasteiger partial charge in [0.25, 0.3) is 11.1 Å². The maximum Gasteiger partial charge on any atom is 0.283 e. The molecule has 32 heavy (non-hydrogen) atoms. The van der Waals surface area contributed by atoms with Crippen molar-refractivity contribution in [2.75, 3.05) is 0 Å². The summed E-state index contributed by atoms with van der Waals surface area (Å²) < 4.78 is 24.7. The lowest BCUT2D eigenvalue weighted by atomic mass is 10.2. The van der Waals surface area contributed by atoms with Gasteiger partial charge in [0.1, 0.15) is 16.6 Å². The van der Waals surface area contributed by atoms with Crippen LogP contribution in [0.25, 0.3) is 22.3 Å². The topological polar surface area (TPSA) is 86.8 Å². The van der Waals surface area contributed by atoms with Crippen molar-refractivity contribution in [3.05, 3.63) is 84.8 Å². The minimum atomic E-state index is -0.504. The summed E-state index contributed by atoms with van der Waals surface area (Å²) in [5, 5.41) is 10.1. The SMILES string of the molecule is CC(Oc1ccc(F)cc1)c1nnc(Sc2nc(-c3cccnc3)nc3ccccc23)o1. The number of halogens is 1. The van der Waals surface area contributed by atoms with E-state index in [9.17, 15) is 4.39 Å². The van der Waals surface area contributed by atoms with E-state index in [1.165, 1.54) is 23.9 Å². The van der Waals surface area contributed by atoms with Gasteiger partial charge in [0, 0.05) is 23.3 Å². The van der Waals surface area contributed by atoms with Crippen LogP contribution in [0.5, 0.6) is 5.75 Å². The molecule has 158 valence electrons. The van der Waals surface area contributed by atoms with Gasteiger partial charge >= 0.3 is 0 Å². The molecular weight excluding hydrogens is 429 g/mol. The molecule has 0 radical (unpaired) electrons. The molecule has 9 heteroatoms. The van der Waals surface area contributed by atoms with Crippen molar-refractivity contribution in [3.63, 3.8) is 0 Å². The second kappa shape index (κ2) is 8.72. The van der Waals surface area contributed by atoms with Crippen molar-refractivity contribution in [1.29, 1.82) is 0 Å². The van der Waals surface area contributed by atoms with Crippen LogP contribution in [0, 0.1) is 5.82 Å². The quantitative estimate of drug-likeness (QED) is 0.317. The Bertz CT molecular complexity index is 1360. The van der Waals surface area contributed by atoms with Crippen molar-refractivity contribution in [2.45, 2.75) is 23.3 Å². The number of aromatic nitrogens is 5. The van der Waals surface area contributed by atoms with Gasteiger partial charge in [0.15, 0.2) is 11.9 Å². The number of pyridine rings is 1. The van der Waals surface area contributed by atoms with Gasteiger partial charge in [-0.25, -0.2) is 14.4 Å². The fraction of sp³-hybridized carbons (Fsp3) is 0.0870. The number of nitrogens with zero attached hydrogens (tertiary/aromatic N) is 5. The van der Waals surface area contributed by atoms with Crippen LogP contribution in [0.15, 0.2) is 87.7 Å². The average molecular weight is 445 g/mol. The van der Waals surface area contributed by atoms with Crippen LogP contribution in [0.1, 0.15) is 18.9 Å². The van der Waals surface area contributed by atoms with E-state index in [-0.39, 0.29) is 5.82 Å². The highest BCUT2D eigenvalue weighted by atomic mass is 32.2. The first kappa shape index (κ1) is 20.1. The van der Waals surface area contributed by atoms with E-state index in [4.69, 9.17) is 14.1 Å². The first-order valence-electron chi connectivity index (χ1n) is 9.76. The minimum absolute atomic E-state index is 0.308. The fourth-order valence-corrected chi connectivity index (χ4v) is 3.81. The fourth-order valence-electron chi connectivity index (χ4n) is 3.03. The Morgan fingerprint density at radius 1 is 0.969 bits per heavy atom. The molecule has 5 rings (SSSR count). The molecule has 7 nitrogen and oxygen atoms in total. The third kappa shape index (κ3) is 4.28. The predicted molar refractivity (Wildman–Crippen MR) is 117 cm³/mol. The summed E-state index contributed by atoms with van der Waals surface area (Å²) in [6.45, 7) is 1.78. The van der Waals surface area contributed by atoms with Crippen molar-refractivity contribution in [2.24, 2.45) is 0 Å². The molecule has 0 aliphatic rings. The number of benzene rings is 2. The third-order valence-electron chi connectivity index (χ3n) is 4.57. The van der Waals surface area contributed by atoms with Crippen LogP contribution in [0.4, 0.5) is 4.39 Å². The molecule has 1 unspecified atom stereocenters. The summed E-state index contributed by atoms with van der Waals surface area (Å²) in [4.78, 5) is 13.5. The molecule has 0 saturated carbocycles. The van der Waals surface area contributed by atoms with Crippen LogP contribution in [-0.2, 0) is 0 Å². The lowest BCUT2D eigenvalue weighted by molar-refractivity contribution is 0.181. The molecule has 0 aliphatic heterocycles. The number of para-hydroxylation sites is 1. The average Bonchev–Trinajstić information content (AvgIpc) is 3.30. The normalized spacial score (nSPS) is 12.1. The third-order valence-corrected chi connectivity index (χ3v) is 5.41. The molecular formula is C23H16FN5O2S. The highest BCUT2D eigenvalue weighted by Gasteiger charge is 2.19. The van der Waals surface area contributed by atoms with Gasteiger partial charge in [0.2, 0.25) is 0 Å². The summed E-state index contributed by atoms with van der Waals surface area (Å²) in [7, 11) is 0. The molecule has 5 aromatic rings. The van der Waals surface area contributed by atoms with E-state index in [2.05, 4.69) is 20.2 Å². The maximum atomic E-state index is 13.1. The van der Waals surface area contributed by atoms with Gasteiger partial charge in [-0.3, -0.25) is 4.98 Å². The standard InChI is InChI=1S/C23H16FN5O2S/c1-14(30-17-10-8-16(24)9-11-17)21-28-29-23(31-21)32-22-18-6-2-3-7-19(18)26-20(27-22)15-5-4-12-25-13-15/h2-14H,1H3. The zero-order valence-electron chi connectivity index (χ0n) is 16.8. The van der Waals surface area contributed by atoms with E-state index in [0.717, 1.165) is 16.5 Å². The maximum absolute atomic E-state index is 13.1. The van der Waals surface area contributed by atoms with Crippen LogP contribution in [0.3, 0.4) is 0 Å². The predicted octanol–water partition coefficient (Wildman–Crippen LogP) is 5.51. The molecule has 0 bridgehead atoms. The zero-order chi connectivity index (χ0) is 21.9. The highest BCUT2D eigenvalue weighted by Crippen LogP contribution is 2.33. The lowest BCUT2D eigenvalue weighted by Crippen LogP contribution is -2.03. The molecule has 0 saturated heterocycles. The first-order chi connectivity index (χ1) is 15.7. The van der Waals surface area contributed by atoms with Crippen LogP contribution in [0.2, 0.25) is 0 Å². The molecule has 2 aromatic carbocycles. The van der Waals surface area contributed by atoms with E-state index in [0.29, 0.717) is 27.7 Å². The van der Waals surface area contributed by atoms with E-state index in [1.807, 2.05) is 36.4 Å². The zero-order valence-corrected chi connectivity index (χ0v) is 17.7. The van der Waals surface area contributed by atoms with Crippen molar-refractivity contribution in [1.82, 2.24) is 25.1 Å². The molecule has 3 heterocycles. The number of ether oxygens (including phenoxy) is 1. The van der Waals surface area contributed by atoms with Crippen molar-refractivity contribution in [3.8, 4) is 17.1 Å². The van der Waals surface area contributed by atoms with Gasteiger partial charge in [-0.2, -0.15) is 0 Å². The van der Waals surface area contributed by atoms with Gasteiger partial charge < -0.3 is 9.15 Å². The molecule has 3 aromatic heterocycles. The molecule has 0 amide bonds. The van der Waals surface area contributed by atoms with Crippen LogP contribution in [-0.4, -0.2) is 25.1 Å². The highest BCUT2D eigenvalue weighted by molar-refractivity contribution is 7.99. The number of hydrogen-bond acceptors (Lipinski definition) is 8. The summed E-state index contributed by atoms with van der Waals surface area (Å²) in [6.07, 6.45) is 2.92. The number of rotatable bonds is 6. The van der Waals surface area contributed by atoms with Gasteiger partial charge in [-0.05, 0) is 61.2 Å². The van der Waals surface area contributed by atoms with Crippen molar-refractivity contribution >= 4 is 22.7 Å². The monoisotopic (exact) mass is 445 g/mol. The Labute approximate surface area is 186 Å². The second-order valence-corrected chi connectivity index (χ2v) is 7.77. The number of fused-ring (bicyclic) bond motifs is 1. The summed E-state index contributed by atoms with van der Waals surface area (Å²) >= 11 is 1.26. The molecule has 0 aliphatic carbocycles. The summed E-state index contributed by atoms with van der Waals surface area (Å²) in [5.74, 6) is 1.05. The summed E-state index contributed by atoms with van der Waals surface area (Å²) in [5.41, 5.74) is 1.62. The number of hydrogen-bond donors (Lipinski definition) is 0. The first-order valence-corrected chi connectivity index (χ1v) is 10.6. The van der Waals surface area contributed by atoms with E-state index >= 15 is 0 Å². The van der Waals surface area contributed by atoms with Crippen molar-refractivity contribution < 1.29 is 13.5 Å². The molecule has 1 atom stereocenters. The minimum Gasteiger partial charge on any atom is -0.481 e. The largest absolute Gasteiger partial charge is 0.481 e. The summed E-state index contributed by atoms with van der Waals surface area (Å²) in [6, 6.07) is 17.2. The molecule has 0 N–H and O–H groups in total. The Morgan fingerprint density at radius 2 is 1.81 bits per heavy atom. The second-order valence-electron chi connectivity index (χ2n) is 6.83. The van der Waals surface area contributed by atoms with Crippen LogP contribution >= 0.6 is 11.8 Å². The Balaban J connectivity index is 1.42. The van der Waals surface area contributed by atoms with Gasteiger partial charge in [0.05, 0.1) is 5.52 Å². The molecule has 0 fully saturated rings. The van der Waals surface area contributed by atoms with Crippen LogP contribution < -0.4 is 4.74 Å². The molecule has 0 spiro atoms. The smallest absolute Gasteiger partial charge is 0.283 e. The van der Waals surface area contributed by atoms with Gasteiger partial charge in [-0.15, -0.1) is 10.2 Å². The van der Waals surface area contributed by atoms with Gasteiger partial charge in [-0.1, -0.05) is 18.2 Å². The Hall–Kier alpha value is -3.85. The Kier molecular flexibility index (Phi) is 5.47. The van der Waals surface area contributed by atoms with E-state index in [1.54, 1.807) is 31.5 Å². The Morgan fingerprint density at radius 3 is 2.62 bits per heavy atom. The van der Waals surface area contributed by atoms with E-state index < -0.39 is 6.10 Å².